The largest absolute Gasteiger partial charge is 0.463 e. The van der Waals surface area contributed by atoms with E-state index in [9.17, 15) is 14.0 Å². The standard InChI is InChI=1S/C25H23ClFNO3/c1-3-31-25(30)22-14(2)28-20-12-17(15-4-8-18(26)9-5-15)13-21(29)24(20)23(22)16-6-10-19(27)11-7-16/h4-11,17,23,28H,3,12-13H2,1-2H3/t17-,23-/m0/s1. The van der Waals surface area contributed by atoms with Crippen LogP contribution in [-0.4, -0.2) is 18.4 Å². The summed E-state index contributed by atoms with van der Waals surface area (Å²) in [4.78, 5) is 26.2. The molecule has 0 saturated carbocycles. The molecule has 2 atom stereocenters. The van der Waals surface area contributed by atoms with Crippen LogP contribution in [0.4, 0.5) is 4.39 Å². The number of nitrogens with one attached hydrogen (secondary N) is 1. The molecule has 2 aliphatic rings. The molecule has 1 aliphatic carbocycles. The molecule has 1 heterocycles. The number of dihydropyridines is 1. The number of ketones is 1. The lowest BCUT2D eigenvalue weighted by molar-refractivity contribution is -0.138. The number of ether oxygens (including phenoxy) is 1. The highest BCUT2D eigenvalue weighted by molar-refractivity contribution is 6.30. The summed E-state index contributed by atoms with van der Waals surface area (Å²) in [6.07, 6.45) is 0.961. The molecule has 0 spiro atoms. The molecule has 0 saturated heterocycles. The van der Waals surface area contributed by atoms with Crippen molar-refractivity contribution in [3.8, 4) is 0 Å². The fraction of sp³-hybridized carbons (Fsp3) is 0.280. The van der Waals surface area contributed by atoms with Crippen LogP contribution in [0.2, 0.25) is 5.02 Å². The van der Waals surface area contributed by atoms with E-state index in [1.807, 2.05) is 31.2 Å². The molecule has 6 heteroatoms. The van der Waals surface area contributed by atoms with Gasteiger partial charge in [0, 0.05) is 34.3 Å². The zero-order valence-corrected chi connectivity index (χ0v) is 18.1. The summed E-state index contributed by atoms with van der Waals surface area (Å²) < 4.78 is 18.9. The van der Waals surface area contributed by atoms with Gasteiger partial charge in [-0.3, -0.25) is 4.79 Å². The predicted molar refractivity (Wildman–Crippen MR) is 117 cm³/mol. The van der Waals surface area contributed by atoms with Gasteiger partial charge in [0.15, 0.2) is 5.78 Å². The van der Waals surface area contributed by atoms with E-state index in [-0.39, 0.29) is 24.1 Å². The fourth-order valence-corrected chi connectivity index (χ4v) is 4.60. The molecule has 0 aromatic heterocycles. The molecular formula is C25H23ClFNO3. The van der Waals surface area contributed by atoms with Crippen molar-refractivity contribution < 1.29 is 18.7 Å². The number of hydrogen-bond donors (Lipinski definition) is 1. The molecule has 0 fully saturated rings. The Balaban J connectivity index is 1.78. The Hall–Kier alpha value is -2.92. The van der Waals surface area contributed by atoms with Crippen molar-refractivity contribution in [2.45, 2.75) is 38.5 Å². The molecule has 31 heavy (non-hydrogen) atoms. The fourth-order valence-electron chi connectivity index (χ4n) is 4.48. The van der Waals surface area contributed by atoms with Crippen LogP contribution in [0.5, 0.6) is 0 Å². The van der Waals surface area contributed by atoms with Gasteiger partial charge in [-0.05, 0) is 61.6 Å². The van der Waals surface area contributed by atoms with Crippen molar-refractivity contribution >= 4 is 23.4 Å². The van der Waals surface area contributed by atoms with Gasteiger partial charge in [0.2, 0.25) is 0 Å². The van der Waals surface area contributed by atoms with Crippen LogP contribution in [0.25, 0.3) is 0 Å². The number of Topliss-reactive ketones (excluding diaryl/α,β-unsaturated/α-hetero) is 1. The molecule has 2 aromatic carbocycles. The van der Waals surface area contributed by atoms with Crippen molar-refractivity contribution in [3.05, 3.63) is 93.0 Å². The minimum Gasteiger partial charge on any atom is -0.463 e. The first-order valence-electron chi connectivity index (χ1n) is 10.3. The molecule has 1 N–H and O–H groups in total. The number of carbonyl (C=O) groups is 2. The van der Waals surface area contributed by atoms with Crippen molar-refractivity contribution in [1.29, 1.82) is 0 Å². The van der Waals surface area contributed by atoms with Gasteiger partial charge < -0.3 is 10.1 Å². The molecule has 0 bridgehead atoms. The minimum absolute atomic E-state index is 0.0156. The van der Waals surface area contributed by atoms with Crippen LogP contribution in [0.15, 0.2) is 71.1 Å². The van der Waals surface area contributed by atoms with Gasteiger partial charge in [-0.2, -0.15) is 0 Å². The molecule has 0 radical (unpaired) electrons. The van der Waals surface area contributed by atoms with Crippen LogP contribution in [-0.2, 0) is 14.3 Å². The van der Waals surface area contributed by atoms with Crippen molar-refractivity contribution in [1.82, 2.24) is 5.32 Å². The maximum atomic E-state index is 13.6. The molecule has 2 aromatic rings. The monoisotopic (exact) mass is 439 g/mol. The topological polar surface area (TPSA) is 55.4 Å². The van der Waals surface area contributed by atoms with E-state index in [1.54, 1.807) is 19.1 Å². The Labute approximate surface area is 185 Å². The molecule has 160 valence electrons. The normalized spacial score (nSPS) is 21.0. The Morgan fingerprint density at radius 2 is 1.74 bits per heavy atom. The smallest absolute Gasteiger partial charge is 0.336 e. The summed E-state index contributed by atoms with van der Waals surface area (Å²) in [6, 6.07) is 13.5. The van der Waals surface area contributed by atoms with Gasteiger partial charge in [0.05, 0.1) is 12.2 Å². The van der Waals surface area contributed by atoms with Gasteiger partial charge in [-0.25, -0.2) is 9.18 Å². The average molecular weight is 440 g/mol. The number of esters is 1. The Kier molecular flexibility index (Phi) is 5.96. The Bertz CT molecular complexity index is 1090. The molecule has 0 amide bonds. The van der Waals surface area contributed by atoms with Crippen LogP contribution in [0.3, 0.4) is 0 Å². The zero-order chi connectivity index (χ0) is 22.1. The van der Waals surface area contributed by atoms with Crippen LogP contribution >= 0.6 is 11.6 Å². The molecule has 1 aliphatic heterocycles. The van der Waals surface area contributed by atoms with Crippen molar-refractivity contribution in [2.24, 2.45) is 0 Å². The summed E-state index contributed by atoms with van der Waals surface area (Å²) in [5, 5.41) is 3.95. The van der Waals surface area contributed by atoms with Crippen LogP contribution < -0.4 is 5.32 Å². The van der Waals surface area contributed by atoms with Gasteiger partial charge in [-0.15, -0.1) is 0 Å². The molecule has 4 rings (SSSR count). The first-order chi connectivity index (χ1) is 14.9. The third-order valence-corrected chi connectivity index (χ3v) is 6.12. The maximum Gasteiger partial charge on any atom is 0.336 e. The number of benzene rings is 2. The van der Waals surface area contributed by atoms with E-state index >= 15 is 0 Å². The number of allylic oxidation sites excluding steroid dienone is 3. The lowest BCUT2D eigenvalue weighted by Gasteiger charge is -2.36. The van der Waals surface area contributed by atoms with Gasteiger partial charge in [0.25, 0.3) is 0 Å². The highest BCUT2D eigenvalue weighted by Gasteiger charge is 2.41. The van der Waals surface area contributed by atoms with Gasteiger partial charge >= 0.3 is 5.97 Å². The van der Waals surface area contributed by atoms with E-state index < -0.39 is 11.9 Å². The molecule has 0 unspecified atom stereocenters. The van der Waals surface area contributed by atoms with Gasteiger partial charge in [-0.1, -0.05) is 35.9 Å². The summed E-state index contributed by atoms with van der Waals surface area (Å²) in [7, 11) is 0. The highest BCUT2D eigenvalue weighted by atomic mass is 35.5. The van der Waals surface area contributed by atoms with Crippen LogP contribution in [0.1, 0.15) is 49.7 Å². The number of rotatable bonds is 4. The average Bonchev–Trinajstić information content (AvgIpc) is 2.74. The second-order valence-electron chi connectivity index (χ2n) is 7.84. The summed E-state index contributed by atoms with van der Waals surface area (Å²) in [5.74, 6) is -1.45. The third kappa shape index (κ3) is 4.15. The summed E-state index contributed by atoms with van der Waals surface area (Å²) in [5.41, 5.74) is 4.14. The zero-order valence-electron chi connectivity index (χ0n) is 17.4. The van der Waals surface area contributed by atoms with E-state index in [0.29, 0.717) is 40.3 Å². The number of carbonyl (C=O) groups excluding carboxylic acids is 2. The first kappa shape index (κ1) is 21.3. The van der Waals surface area contributed by atoms with Crippen LogP contribution in [0, 0.1) is 5.82 Å². The van der Waals surface area contributed by atoms with Crippen molar-refractivity contribution in [2.75, 3.05) is 6.61 Å². The lowest BCUT2D eigenvalue weighted by atomic mass is 9.72. The molecular weight excluding hydrogens is 417 g/mol. The third-order valence-electron chi connectivity index (χ3n) is 5.87. The Morgan fingerprint density at radius 3 is 2.39 bits per heavy atom. The second kappa shape index (κ2) is 8.67. The van der Waals surface area contributed by atoms with E-state index in [0.717, 1.165) is 11.3 Å². The van der Waals surface area contributed by atoms with E-state index in [2.05, 4.69) is 5.32 Å². The lowest BCUT2D eigenvalue weighted by Crippen LogP contribution is -2.36. The first-order valence-corrected chi connectivity index (χ1v) is 10.7. The van der Waals surface area contributed by atoms with E-state index in [4.69, 9.17) is 16.3 Å². The maximum absolute atomic E-state index is 13.6. The second-order valence-corrected chi connectivity index (χ2v) is 8.28. The molecule has 4 nitrogen and oxygen atoms in total. The van der Waals surface area contributed by atoms with E-state index in [1.165, 1.54) is 12.1 Å². The SMILES string of the molecule is CCOC(=O)C1=C(C)NC2=C(C(=O)C[C@@H](c3ccc(Cl)cc3)C2)[C@H]1c1ccc(F)cc1. The number of halogens is 2. The highest BCUT2D eigenvalue weighted by Crippen LogP contribution is 2.45. The van der Waals surface area contributed by atoms with Gasteiger partial charge in [0.1, 0.15) is 5.82 Å². The quantitative estimate of drug-likeness (QED) is 0.648. The van der Waals surface area contributed by atoms with Crippen molar-refractivity contribution in [3.63, 3.8) is 0 Å². The minimum atomic E-state index is -0.588. The predicted octanol–water partition coefficient (Wildman–Crippen LogP) is 5.40. The summed E-state index contributed by atoms with van der Waals surface area (Å²) in [6.45, 7) is 3.78. The number of hydrogen-bond acceptors (Lipinski definition) is 4. The summed E-state index contributed by atoms with van der Waals surface area (Å²) >= 11 is 6.01. The Morgan fingerprint density at radius 1 is 1.10 bits per heavy atom.